The standard InChI is InChI=1S/C9H10N2O3/c1-5-3-7(6(2)12)4-8(10)9(5)11(13)14/h3-4H,10H2,1-2H3. The number of hydrogen-bond acceptors (Lipinski definition) is 4. The van der Waals surface area contributed by atoms with Gasteiger partial charge in [-0.2, -0.15) is 0 Å². The number of nitro groups is 1. The second-order valence-electron chi connectivity index (χ2n) is 3.04. The predicted molar refractivity (Wildman–Crippen MR) is 52.3 cm³/mol. The maximum absolute atomic E-state index is 11.0. The van der Waals surface area contributed by atoms with Crippen molar-refractivity contribution in [1.82, 2.24) is 0 Å². The quantitative estimate of drug-likeness (QED) is 0.336. The van der Waals surface area contributed by atoms with Gasteiger partial charge in [-0.25, -0.2) is 0 Å². The molecule has 5 heteroatoms. The fourth-order valence-electron chi connectivity index (χ4n) is 1.26. The third-order valence-corrected chi connectivity index (χ3v) is 1.92. The third kappa shape index (κ3) is 1.71. The number of nitrogens with zero attached hydrogens (tertiary/aromatic N) is 1. The maximum atomic E-state index is 11.0. The van der Waals surface area contributed by atoms with Crippen LogP contribution in [0.1, 0.15) is 22.8 Å². The zero-order chi connectivity index (χ0) is 10.9. The SMILES string of the molecule is CC(=O)c1cc(C)c([N+](=O)[O-])c(N)c1. The smallest absolute Gasteiger partial charge is 0.295 e. The molecule has 0 unspecified atom stereocenters. The van der Waals surface area contributed by atoms with Gasteiger partial charge in [-0.15, -0.1) is 0 Å². The van der Waals surface area contributed by atoms with Crippen LogP contribution < -0.4 is 5.73 Å². The zero-order valence-electron chi connectivity index (χ0n) is 7.90. The van der Waals surface area contributed by atoms with Gasteiger partial charge in [-0.3, -0.25) is 14.9 Å². The topological polar surface area (TPSA) is 86.2 Å². The fraction of sp³-hybridized carbons (Fsp3) is 0.222. The number of nitrogens with two attached hydrogens (primary N) is 1. The Morgan fingerprint density at radius 3 is 2.43 bits per heavy atom. The van der Waals surface area contributed by atoms with Crippen molar-refractivity contribution in [2.75, 3.05) is 5.73 Å². The molecule has 0 saturated heterocycles. The van der Waals surface area contributed by atoms with E-state index in [9.17, 15) is 14.9 Å². The van der Waals surface area contributed by atoms with E-state index in [-0.39, 0.29) is 17.2 Å². The first-order chi connectivity index (χ1) is 6.43. The van der Waals surface area contributed by atoms with Crippen LogP contribution in [0.25, 0.3) is 0 Å². The van der Waals surface area contributed by atoms with E-state index >= 15 is 0 Å². The molecule has 74 valence electrons. The highest BCUT2D eigenvalue weighted by Gasteiger charge is 2.17. The highest BCUT2D eigenvalue weighted by molar-refractivity contribution is 5.96. The van der Waals surface area contributed by atoms with Crippen LogP contribution >= 0.6 is 0 Å². The number of hydrogen-bond donors (Lipinski definition) is 1. The van der Waals surface area contributed by atoms with E-state index < -0.39 is 4.92 Å². The molecule has 0 heterocycles. The minimum absolute atomic E-state index is 0.0280. The van der Waals surface area contributed by atoms with E-state index in [4.69, 9.17) is 5.73 Å². The van der Waals surface area contributed by atoms with Crippen molar-refractivity contribution < 1.29 is 9.72 Å². The van der Waals surface area contributed by atoms with Crippen LogP contribution in [-0.2, 0) is 0 Å². The van der Waals surface area contributed by atoms with Gasteiger partial charge in [-0.1, -0.05) is 0 Å². The number of anilines is 1. The molecule has 0 aliphatic heterocycles. The number of carbonyl (C=O) groups excluding carboxylic acids is 1. The van der Waals surface area contributed by atoms with Gasteiger partial charge in [0.2, 0.25) is 0 Å². The molecule has 1 aromatic rings. The number of aryl methyl sites for hydroxylation is 1. The van der Waals surface area contributed by atoms with E-state index in [0.717, 1.165) is 0 Å². The molecule has 5 nitrogen and oxygen atoms in total. The van der Waals surface area contributed by atoms with Gasteiger partial charge in [0.05, 0.1) is 4.92 Å². The molecule has 0 aromatic heterocycles. The van der Waals surface area contributed by atoms with Crippen molar-refractivity contribution in [1.29, 1.82) is 0 Å². The summed E-state index contributed by atoms with van der Waals surface area (Å²) >= 11 is 0. The molecule has 0 bridgehead atoms. The van der Waals surface area contributed by atoms with Gasteiger partial charge >= 0.3 is 0 Å². The molecule has 1 aromatic carbocycles. The van der Waals surface area contributed by atoms with Crippen LogP contribution in [0.3, 0.4) is 0 Å². The lowest BCUT2D eigenvalue weighted by atomic mass is 10.1. The monoisotopic (exact) mass is 194 g/mol. The van der Waals surface area contributed by atoms with Crippen molar-refractivity contribution in [3.63, 3.8) is 0 Å². The van der Waals surface area contributed by atoms with Crippen LogP contribution in [-0.4, -0.2) is 10.7 Å². The van der Waals surface area contributed by atoms with E-state index in [2.05, 4.69) is 0 Å². The van der Waals surface area contributed by atoms with Crippen LogP contribution in [0.5, 0.6) is 0 Å². The Morgan fingerprint density at radius 2 is 2.07 bits per heavy atom. The lowest BCUT2D eigenvalue weighted by Crippen LogP contribution is -2.02. The van der Waals surface area contributed by atoms with E-state index in [1.807, 2.05) is 0 Å². The molecule has 0 spiro atoms. The fourth-order valence-corrected chi connectivity index (χ4v) is 1.26. The molecule has 0 radical (unpaired) electrons. The molecule has 0 aliphatic carbocycles. The van der Waals surface area contributed by atoms with Crippen LogP contribution in [0.2, 0.25) is 0 Å². The van der Waals surface area contributed by atoms with Crippen molar-refractivity contribution in [2.45, 2.75) is 13.8 Å². The van der Waals surface area contributed by atoms with Crippen molar-refractivity contribution in [3.05, 3.63) is 33.4 Å². The molecule has 0 saturated carbocycles. The minimum atomic E-state index is -0.547. The lowest BCUT2D eigenvalue weighted by molar-refractivity contribution is -0.384. The van der Waals surface area contributed by atoms with Gasteiger partial charge in [0.25, 0.3) is 5.69 Å². The molecule has 0 amide bonds. The summed E-state index contributed by atoms with van der Waals surface area (Å²) < 4.78 is 0. The molecular weight excluding hydrogens is 184 g/mol. The highest BCUT2D eigenvalue weighted by atomic mass is 16.6. The molecule has 1 rings (SSSR count). The number of Topliss-reactive ketones (excluding diaryl/α,β-unsaturated/α-hetero) is 1. The first-order valence-corrected chi connectivity index (χ1v) is 3.99. The first kappa shape index (κ1) is 10.2. The van der Waals surface area contributed by atoms with Crippen LogP contribution in [0, 0.1) is 17.0 Å². The molecule has 2 N–H and O–H groups in total. The summed E-state index contributed by atoms with van der Waals surface area (Å²) in [6.07, 6.45) is 0. The van der Waals surface area contributed by atoms with E-state index in [0.29, 0.717) is 11.1 Å². The summed E-state index contributed by atoms with van der Waals surface area (Å²) in [6, 6.07) is 2.80. The van der Waals surface area contributed by atoms with Crippen LogP contribution in [0.15, 0.2) is 12.1 Å². The molecule has 14 heavy (non-hydrogen) atoms. The Labute approximate surface area is 80.7 Å². The molecule has 0 aliphatic rings. The van der Waals surface area contributed by atoms with Crippen molar-refractivity contribution in [2.24, 2.45) is 0 Å². The highest BCUT2D eigenvalue weighted by Crippen LogP contribution is 2.27. The number of benzene rings is 1. The molecular formula is C9H10N2O3. The van der Waals surface area contributed by atoms with E-state index in [1.165, 1.54) is 19.1 Å². The van der Waals surface area contributed by atoms with Gasteiger partial charge < -0.3 is 5.73 Å². The third-order valence-electron chi connectivity index (χ3n) is 1.92. The van der Waals surface area contributed by atoms with Crippen molar-refractivity contribution >= 4 is 17.2 Å². The summed E-state index contributed by atoms with van der Waals surface area (Å²) in [4.78, 5) is 21.0. The normalized spacial score (nSPS) is 9.86. The Kier molecular flexibility index (Phi) is 2.51. The van der Waals surface area contributed by atoms with Gasteiger partial charge in [-0.05, 0) is 26.0 Å². The van der Waals surface area contributed by atoms with Crippen LogP contribution in [0.4, 0.5) is 11.4 Å². The molecule has 0 atom stereocenters. The summed E-state index contributed by atoms with van der Waals surface area (Å²) in [5.41, 5.74) is 6.16. The Hall–Kier alpha value is -1.91. The molecule has 0 fully saturated rings. The maximum Gasteiger partial charge on any atom is 0.295 e. The lowest BCUT2D eigenvalue weighted by Gasteiger charge is -2.03. The summed E-state index contributed by atoms with van der Waals surface area (Å²) in [5, 5.41) is 10.6. The summed E-state index contributed by atoms with van der Waals surface area (Å²) in [5.74, 6) is -0.158. The minimum Gasteiger partial charge on any atom is -0.393 e. The average molecular weight is 194 g/mol. The average Bonchev–Trinajstić information content (AvgIpc) is 2.01. The second-order valence-corrected chi connectivity index (χ2v) is 3.04. The second kappa shape index (κ2) is 3.45. The zero-order valence-corrected chi connectivity index (χ0v) is 7.90. The Balaban J connectivity index is 3.39. The van der Waals surface area contributed by atoms with Gasteiger partial charge in [0.15, 0.2) is 5.78 Å². The van der Waals surface area contributed by atoms with Crippen molar-refractivity contribution in [3.8, 4) is 0 Å². The van der Waals surface area contributed by atoms with Gasteiger partial charge in [0, 0.05) is 11.1 Å². The Morgan fingerprint density at radius 1 is 1.50 bits per heavy atom. The summed E-state index contributed by atoms with van der Waals surface area (Å²) in [6.45, 7) is 2.95. The predicted octanol–water partition coefficient (Wildman–Crippen LogP) is 1.69. The number of rotatable bonds is 2. The summed E-state index contributed by atoms with van der Waals surface area (Å²) in [7, 11) is 0. The number of nitro benzene ring substituents is 1. The van der Waals surface area contributed by atoms with Gasteiger partial charge in [0.1, 0.15) is 5.69 Å². The first-order valence-electron chi connectivity index (χ1n) is 3.99. The largest absolute Gasteiger partial charge is 0.393 e. The Bertz CT molecular complexity index is 390. The number of carbonyl (C=O) groups is 1. The number of nitrogen functional groups attached to an aromatic ring is 1. The van der Waals surface area contributed by atoms with E-state index in [1.54, 1.807) is 6.92 Å². The number of ketones is 1.